The lowest BCUT2D eigenvalue weighted by Gasteiger charge is -2.18. The highest BCUT2D eigenvalue weighted by Crippen LogP contribution is 2.29. The molecular formula is C18H22N2S. The SMILES string of the molecule is CC.NC1=NC(c2ccc(-c3ccccc3)cc2)CCS1. The van der Waals surface area contributed by atoms with Crippen molar-refractivity contribution < 1.29 is 0 Å². The number of amidine groups is 1. The van der Waals surface area contributed by atoms with Crippen LogP contribution in [-0.4, -0.2) is 10.9 Å². The Morgan fingerprint density at radius 3 is 2.19 bits per heavy atom. The molecule has 1 heterocycles. The maximum atomic E-state index is 5.80. The third kappa shape index (κ3) is 4.11. The second kappa shape index (κ2) is 7.89. The summed E-state index contributed by atoms with van der Waals surface area (Å²) in [6, 6.07) is 19.3. The summed E-state index contributed by atoms with van der Waals surface area (Å²) in [5, 5.41) is 0.711. The molecule has 2 N–H and O–H groups in total. The van der Waals surface area contributed by atoms with E-state index in [0.29, 0.717) is 5.17 Å². The molecule has 3 rings (SSSR count). The normalized spacial score (nSPS) is 17.4. The maximum absolute atomic E-state index is 5.80. The van der Waals surface area contributed by atoms with Gasteiger partial charge in [0.15, 0.2) is 5.17 Å². The molecule has 1 aliphatic rings. The molecule has 0 saturated carbocycles. The molecule has 0 spiro atoms. The molecule has 110 valence electrons. The van der Waals surface area contributed by atoms with Gasteiger partial charge in [-0.15, -0.1) is 0 Å². The molecule has 1 atom stereocenters. The van der Waals surface area contributed by atoms with Gasteiger partial charge in [0.25, 0.3) is 0 Å². The van der Waals surface area contributed by atoms with Crippen molar-refractivity contribution in [2.24, 2.45) is 10.7 Å². The summed E-state index contributed by atoms with van der Waals surface area (Å²) in [4.78, 5) is 4.51. The Bertz CT molecular complexity index is 576. The largest absolute Gasteiger partial charge is 0.379 e. The minimum Gasteiger partial charge on any atom is -0.379 e. The van der Waals surface area contributed by atoms with Gasteiger partial charge in [-0.3, -0.25) is 4.99 Å². The van der Waals surface area contributed by atoms with Gasteiger partial charge in [0.1, 0.15) is 0 Å². The molecule has 0 saturated heterocycles. The van der Waals surface area contributed by atoms with E-state index in [1.807, 2.05) is 19.9 Å². The van der Waals surface area contributed by atoms with Crippen LogP contribution in [0.1, 0.15) is 31.9 Å². The fraction of sp³-hybridized carbons (Fsp3) is 0.278. The van der Waals surface area contributed by atoms with Crippen molar-refractivity contribution in [3.05, 3.63) is 60.2 Å². The quantitative estimate of drug-likeness (QED) is 0.858. The molecule has 0 radical (unpaired) electrons. The van der Waals surface area contributed by atoms with E-state index in [2.05, 4.69) is 53.5 Å². The number of thioether (sulfide) groups is 1. The summed E-state index contributed by atoms with van der Waals surface area (Å²) in [6.45, 7) is 4.00. The highest BCUT2D eigenvalue weighted by atomic mass is 32.2. The molecule has 0 bridgehead atoms. The summed E-state index contributed by atoms with van der Waals surface area (Å²) in [5.74, 6) is 1.06. The average Bonchev–Trinajstić information content (AvgIpc) is 2.58. The van der Waals surface area contributed by atoms with Gasteiger partial charge in [0, 0.05) is 5.75 Å². The average molecular weight is 298 g/mol. The van der Waals surface area contributed by atoms with E-state index in [0.717, 1.165) is 12.2 Å². The van der Waals surface area contributed by atoms with E-state index in [1.54, 1.807) is 11.8 Å². The van der Waals surface area contributed by atoms with Crippen molar-refractivity contribution in [2.45, 2.75) is 26.3 Å². The van der Waals surface area contributed by atoms with Gasteiger partial charge in [-0.05, 0) is 23.1 Å². The van der Waals surface area contributed by atoms with Crippen LogP contribution >= 0.6 is 11.8 Å². The van der Waals surface area contributed by atoms with Crippen LogP contribution in [-0.2, 0) is 0 Å². The third-order valence-electron chi connectivity index (χ3n) is 3.33. The monoisotopic (exact) mass is 298 g/mol. The molecule has 0 fully saturated rings. The predicted octanol–water partition coefficient (Wildman–Crippen LogP) is 4.87. The van der Waals surface area contributed by atoms with Gasteiger partial charge < -0.3 is 5.73 Å². The topological polar surface area (TPSA) is 38.4 Å². The second-order valence-electron chi connectivity index (χ2n) is 4.61. The summed E-state index contributed by atoms with van der Waals surface area (Å²) >= 11 is 1.64. The first-order chi connectivity index (χ1) is 10.3. The molecule has 0 amide bonds. The van der Waals surface area contributed by atoms with E-state index in [-0.39, 0.29) is 6.04 Å². The van der Waals surface area contributed by atoms with Crippen LogP contribution in [0.3, 0.4) is 0 Å². The first-order valence-corrected chi connectivity index (χ1v) is 8.43. The van der Waals surface area contributed by atoms with Crippen molar-refractivity contribution in [3.8, 4) is 11.1 Å². The smallest absolute Gasteiger partial charge is 0.154 e. The molecule has 21 heavy (non-hydrogen) atoms. The van der Waals surface area contributed by atoms with Gasteiger partial charge in [0.05, 0.1) is 6.04 Å². The zero-order chi connectivity index (χ0) is 15.1. The second-order valence-corrected chi connectivity index (χ2v) is 5.72. The highest BCUT2D eigenvalue weighted by molar-refractivity contribution is 8.13. The lowest BCUT2D eigenvalue weighted by molar-refractivity contribution is 0.704. The zero-order valence-corrected chi connectivity index (χ0v) is 13.4. The first kappa shape index (κ1) is 15.6. The van der Waals surface area contributed by atoms with E-state index < -0.39 is 0 Å². The van der Waals surface area contributed by atoms with E-state index in [9.17, 15) is 0 Å². The molecule has 1 unspecified atom stereocenters. The van der Waals surface area contributed by atoms with E-state index in [1.165, 1.54) is 16.7 Å². The van der Waals surface area contributed by atoms with Crippen LogP contribution in [0.2, 0.25) is 0 Å². The minimum atomic E-state index is 0.228. The summed E-state index contributed by atoms with van der Waals surface area (Å²) < 4.78 is 0. The molecule has 3 heteroatoms. The number of hydrogen-bond donors (Lipinski definition) is 1. The van der Waals surface area contributed by atoms with Crippen LogP contribution in [0.15, 0.2) is 59.6 Å². The number of rotatable bonds is 2. The molecule has 0 aliphatic carbocycles. The standard InChI is InChI=1S/C16H16N2S.C2H6/c17-16-18-15(10-11-19-16)14-8-6-13(7-9-14)12-4-2-1-3-5-12;1-2/h1-9,15H,10-11H2,(H2,17,18);1-2H3. The maximum Gasteiger partial charge on any atom is 0.154 e. The lowest BCUT2D eigenvalue weighted by Crippen LogP contribution is -2.15. The molecule has 0 aromatic heterocycles. The van der Waals surface area contributed by atoms with Crippen LogP contribution in [0.5, 0.6) is 0 Å². The third-order valence-corrected chi connectivity index (χ3v) is 4.17. The fourth-order valence-electron chi connectivity index (χ4n) is 2.30. The van der Waals surface area contributed by atoms with Crippen molar-refractivity contribution in [1.29, 1.82) is 0 Å². The Hall–Kier alpha value is -1.74. The van der Waals surface area contributed by atoms with Crippen LogP contribution in [0, 0.1) is 0 Å². The molecular weight excluding hydrogens is 276 g/mol. The highest BCUT2D eigenvalue weighted by Gasteiger charge is 2.15. The summed E-state index contributed by atoms with van der Waals surface area (Å²) in [6.07, 6.45) is 1.07. The number of hydrogen-bond acceptors (Lipinski definition) is 3. The molecule has 2 aromatic rings. The molecule has 1 aliphatic heterocycles. The van der Waals surface area contributed by atoms with Gasteiger partial charge in [-0.25, -0.2) is 0 Å². The van der Waals surface area contributed by atoms with Gasteiger partial charge in [-0.2, -0.15) is 0 Å². The van der Waals surface area contributed by atoms with Crippen LogP contribution in [0.4, 0.5) is 0 Å². The summed E-state index contributed by atoms with van der Waals surface area (Å²) in [7, 11) is 0. The van der Waals surface area contributed by atoms with Crippen LogP contribution < -0.4 is 5.73 Å². The van der Waals surface area contributed by atoms with Crippen molar-refractivity contribution in [2.75, 3.05) is 5.75 Å². The number of benzene rings is 2. The van der Waals surface area contributed by atoms with Gasteiger partial charge in [-0.1, -0.05) is 80.2 Å². The van der Waals surface area contributed by atoms with Crippen molar-refractivity contribution >= 4 is 16.9 Å². The molecule has 2 nitrogen and oxygen atoms in total. The Kier molecular flexibility index (Phi) is 5.88. The summed E-state index contributed by atoms with van der Waals surface area (Å²) in [5.41, 5.74) is 9.54. The lowest BCUT2D eigenvalue weighted by atomic mass is 10.00. The minimum absolute atomic E-state index is 0.228. The van der Waals surface area contributed by atoms with Crippen molar-refractivity contribution in [1.82, 2.24) is 0 Å². The fourth-order valence-corrected chi connectivity index (χ4v) is 3.05. The van der Waals surface area contributed by atoms with Crippen molar-refractivity contribution in [3.63, 3.8) is 0 Å². The Morgan fingerprint density at radius 1 is 0.952 bits per heavy atom. The van der Waals surface area contributed by atoms with E-state index in [4.69, 9.17) is 5.73 Å². The number of nitrogens with zero attached hydrogens (tertiary/aromatic N) is 1. The number of aliphatic imine (C=N–C) groups is 1. The Labute approximate surface area is 131 Å². The predicted molar refractivity (Wildman–Crippen MR) is 94.7 cm³/mol. The first-order valence-electron chi connectivity index (χ1n) is 7.44. The van der Waals surface area contributed by atoms with Gasteiger partial charge in [0.2, 0.25) is 0 Å². The Balaban J connectivity index is 0.000000774. The zero-order valence-electron chi connectivity index (χ0n) is 12.6. The molecule has 2 aromatic carbocycles. The number of nitrogens with two attached hydrogens (primary N) is 1. The van der Waals surface area contributed by atoms with Crippen LogP contribution in [0.25, 0.3) is 11.1 Å². The van der Waals surface area contributed by atoms with E-state index >= 15 is 0 Å². The van der Waals surface area contributed by atoms with Gasteiger partial charge >= 0.3 is 0 Å². The Morgan fingerprint density at radius 2 is 1.57 bits per heavy atom.